The van der Waals surface area contributed by atoms with Crippen molar-refractivity contribution in [3.8, 4) is 0 Å². The summed E-state index contributed by atoms with van der Waals surface area (Å²) in [6.07, 6.45) is 38.6. The van der Waals surface area contributed by atoms with Gasteiger partial charge in [0, 0.05) is 44.1 Å². The van der Waals surface area contributed by atoms with Gasteiger partial charge in [-0.1, -0.05) is 141 Å². The van der Waals surface area contributed by atoms with E-state index in [4.69, 9.17) is 4.99 Å². The van der Waals surface area contributed by atoms with Crippen LogP contribution in [0.1, 0.15) is 194 Å². The molecule has 0 spiro atoms. The number of carbonyl (C=O) groups excluding carboxylic acids is 2. The Hall–Kier alpha value is -2.84. The predicted molar refractivity (Wildman–Crippen MR) is 221 cm³/mol. The van der Waals surface area contributed by atoms with Crippen LogP contribution in [0, 0.1) is 16.7 Å². The van der Waals surface area contributed by atoms with Crippen molar-refractivity contribution in [2.45, 2.75) is 194 Å². The molecule has 0 saturated carbocycles. The molecule has 0 bridgehead atoms. The van der Waals surface area contributed by atoms with Crippen LogP contribution >= 0.6 is 0 Å². The smallest absolute Gasteiger partial charge is 0.307 e. The normalized spacial score (nSPS) is 14.2. The van der Waals surface area contributed by atoms with Crippen molar-refractivity contribution >= 4 is 23.6 Å². The maximum Gasteiger partial charge on any atom is 0.307 e. The number of carbonyl (C=O) groups is 3. The molecule has 1 rings (SSSR count). The molecule has 0 aliphatic carbocycles. The van der Waals surface area contributed by atoms with Crippen molar-refractivity contribution in [3.05, 3.63) is 29.2 Å². The number of aliphatic imine (C=N–C) groups is 1. The summed E-state index contributed by atoms with van der Waals surface area (Å²) in [5.74, 6) is -1.50. The number of nitrogens with zero attached hydrogens (tertiary/aromatic N) is 3. The Balaban J connectivity index is 2.39. The van der Waals surface area contributed by atoms with Crippen molar-refractivity contribution in [2.24, 2.45) is 22.0 Å². The van der Waals surface area contributed by atoms with Crippen molar-refractivity contribution in [3.63, 3.8) is 0 Å². The lowest BCUT2D eigenvalue weighted by atomic mass is 9.84. The number of carboxylic acids is 1. The summed E-state index contributed by atoms with van der Waals surface area (Å²) >= 11 is 0. The maximum absolute atomic E-state index is 13.0. The second kappa shape index (κ2) is 34.9. The maximum atomic E-state index is 13.0. The highest BCUT2D eigenvalue weighted by molar-refractivity contribution is 5.84. The Morgan fingerprint density at radius 3 is 1.91 bits per heavy atom. The number of nitrogens with one attached hydrogen (secondary N) is 1. The van der Waals surface area contributed by atoms with Gasteiger partial charge in [0.15, 0.2) is 0 Å². The number of allylic oxidation sites excluding steroid dienone is 4. The number of rotatable bonds is 37. The molecular weight excluding hydrogens is 665 g/mol. The second-order valence-electron chi connectivity index (χ2n) is 15.2. The fraction of sp³-hybridized carbons (Fsp3) is 0.818. The summed E-state index contributed by atoms with van der Waals surface area (Å²) in [4.78, 5) is 53.8. The summed E-state index contributed by atoms with van der Waals surface area (Å²) in [5, 5.41) is 15.6. The van der Waals surface area contributed by atoms with Crippen LogP contribution in [0.15, 0.2) is 34.5 Å². The van der Waals surface area contributed by atoms with Gasteiger partial charge in [-0.05, 0) is 63.7 Å². The number of hydrogen-bond donors (Lipinski definition) is 2. The number of amides is 2. The van der Waals surface area contributed by atoms with Gasteiger partial charge in [-0.3, -0.25) is 19.4 Å². The highest BCUT2D eigenvalue weighted by atomic mass is 16.4. The first-order chi connectivity index (χ1) is 25.9. The molecule has 2 amide bonds. The number of hydrogen-bond acceptors (Lipinski definition) is 6. The van der Waals surface area contributed by atoms with E-state index in [1.165, 1.54) is 96.3 Å². The molecule has 2 N–H and O–H groups in total. The van der Waals surface area contributed by atoms with Gasteiger partial charge in [0.05, 0.1) is 18.3 Å². The van der Waals surface area contributed by atoms with Crippen LogP contribution in [-0.2, 0) is 14.4 Å². The zero-order valence-electron chi connectivity index (χ0n) is 34.0. The molecule has 0 aromatic carbocycles. The Labute approximate surface area is 323 Å². The molecule has 0 radical (unpaired) electrons. The van der Waals surface area contributed by atoms with Gasteiger partial charge in [0.2, 0.25) is 5.91 Å². The van der Waals surface area contributed by atoms with Crippen molar-refractivity contribution in [2.75, 3.05) is 26.2 Å². The third-order valence-corrected chi connectivity index (χ3v) is 10.5. The summed E-state index contributed by atoms with van der Waals surface area (Å²) in [5.41, 5.74) is 0. The molecule has 0 aromatic rings. The number of aliphatic carboxylic acids is 1. The van der Waals surface area contributed by atoms with E-state index in [1.54, 1.807) is 0 Å². The molecular formula is C44H78N4O5. The zero-order valence-corrected chi connectivity index (χ0v) is 34.0. The molecule has 2 unspecified atom stereocenters. The summed E-state index contributed by atoms with van der Waals surface area (Å²) in [6, 6.07) is 0. The van der Waals surface area contributed by atoms with Crippen molar-refractivity contribution in [1.82, 2.24) is 10.2 Å². The molecule has 0 fully saturated rings. The van der Waals surface area contributed by atoms with Crippen LogP contribution in [0.2, 0.25) is 0 Å². The first-order valence-corrected chi connectivity index (χ1v) is 21.9. The molecule has 9 heteroatoms. The first kappa shape index (κ1) is 48.2. The fourth-order valence-electron chi connectivity index (χ4n) is 7.19. The third-order valence-electron chi connectivity index (χ3n) is 10.5. The summed E-state index contributed by atoms with van der Waals surface area (Å²) in [6.45, 7) is 7.34. The molecule has 53 heavy (non-hydrogen) atoms. The van der Waals surface area contributed by atoms with E-state index in [0.29, 0.717) is 19.5 Å². The van der Waals surface area contributed by atoms with Gasteiger partial charge in [0.1, 0.15) is 0 Å². The quantitative estimate of drug-likeness (QED) is 0.0370. The lowest BCUT2D eigenvalue weighted by molar-refractivity contribution is -0.145. The number of unbranched alkanes of at least 4 members (excludes halogenated alkanes) is 20. The Bertz CT molecular complexity index is 1040. The minimum absolute atomic E-state index is 0.0190. The van der Waals surface area contributed by atoms with Crippen molar-refractivity contribution in [1.29, 1.82) is 0 Å². The molecule has 1 aliphatic rings. The summed E-state index contributed by atoms with van der Waals surface area (Å²) < 4.78 is 0. The van der Waals surface area contributed by atoms with E-state index >= 15 is 0 Å². The fourth-order valence-corrected chi connectivity index (χ4v) is 7.19. The molecule has 304 valence electrons. The number of amidine groups is 1. The van der Waals surface area contributed by atoms with E-state index < -0.39 is 17.8 Å². The van der Waals surface area contributed by atoms with Gasteiger partial charge in [-0.25, -0.2) is 0 Å². The summed E-state index contributed by atoms with van der Waals surface area (Å²) in [7, 11) is 0. The van der Waals surface area contributed by atoms with Gasteiger partial charge < -0.3 is 15.3 Å². The van der Waals surface area contributed by atoms with Crippen LogP contribution < -0.4 is 5.32 Å². The van der Waals surface area contributed by atoms with Gasteiger partial charge >= 0.3 is 5.97 Å². The molecule has 0 aromatic heterocycles. The Kier molecular flexibility index (Phi) is 31.7. The zero-order chi connectivity index (χ0) is 38.6. The second-order valence-corrected chi connectivity index (χ2v) is 15.2. The molecule has 1 heterocycles. The molecule has 9 nitrogen and oxygen atoms in total. The van der Waals surface area contributed by atoms with E-state index in [1.807, 2.05) is 6.08 Å². The monoisotopic (exact) mass is 743 g/mol. The lowest BCUT2D eigenvalue weighted by Gasteiger charge is -2.23. The average Bonchev–Trinajstić information content (AvgIpc) is 3.60. The van der Waals surface area contributed by atoms with E-state index in [9.17, 15) is 24.4 Å². The van der Waals surface area contributed by atoms with Gasteiger partial charge in [0.25, 0.3) is 5.91 Å². The largest absolute Gasteiger partial charge is 0.481 e. The Morgan fingerprint density at radius 1 is 0.755 bits per heavy atom. The average molecular weight is 743 g/mol. The predicted octanol–water partition coefficient (Wildman–Crippen LogP) is 11.5. The lowest BCUT2D eigenvalue weighted by Crippen LogP contribution is -2.38. The SMILES string of the molecule is CCCCCCCC/C=C\CCCCCCCC1=NCCN1CCNC(=O)CC(C(=O)O)C(/C=C\CCCCCCC(=O)N=O)CCCCCCCC. The van der Waals surface area contributed by atoms with Crippen LogP contribution in [0.4, 0.5) is 0 Å². The van der Waals surface area contributed by atoms with Crippen LogP contribution in [0.25, 0.3) is 0 Å². The van der Waals surface area contributed by atoms with Gasteiger partial charge in [-0.15, -0.1) is 4.91 Å². The van der Waals surface area contributed by atoms with Crippen LogP contribution in [-0.4, -0.2) is 59.8 Å². The van der Waals surface area contributed by atoms with E-state index in [2.05, 4.69) is 47.5 Å². The topological polar surface area (TPSA) is 128 Å². The van der Waals surface area contributed by atoms with E-state index in [0.717, 1.165) is 83.1 Å². The van der Waals surface area contributed by atoms with Crippen LogP contribution in [0.3, 0.4) is 0 Å². The standard InChI is InChI=1S/C44H78N4O5/c1-3-5-7-9-11-12-13-14-15-16-17-18-19-24-28-32-41-45-34-36-48(41)37-35-46-43(50)38-40(44(51)52)39(30-26-22-10-8-6-4-2)31-27-23-20-21-25-29-33-42(49)47-53/h14-15,27,31,39-40H,3-13,16-26,28-30,32-38H2,1-2H3,(H,46,50)(H,51,52)/b15-14-,31-27-. The third kappa shape index (κ3) is 27.4. The minimum Gasteiger partial charge on any atom is -0.481 e. The highest BCUT2D eigenvalue weighted by Crippen LogP contribution is 2.26. The first-order valence-electron chi connectivity index (χ1n) is 21.9. The molecule has 2 atom stereocenters. The van der Waals surface area contributed by atoms with Crippen LogP contribution in [0.5, 0.6) is 0 Å². The molecule has 1 aliphatic heterocycles. The number of nitroso groups, excluding NO2 is 1. The highest BCUT2D eigenvalue weighted by Gasteiger charge is 2.28. The minimum atomic E-state index is -0.914. The van der Waals surface area contributed by atoms with E-state index in [-0.39, 0.29) is 24.7 Å². The molecule has 0 saturated heterocycles. The van der Waals surface area contributed by atoms with Crippen molar-refractivity contribution < 1.29 is 19.5 Å². The number of carboxylic acid groups (broad SMARTS) is 1. The Morgan fingerprint density at radius 2 is 1.30 bits per heavy atom. The van der Waals surface area contributed by atoms with Gasteiger partial charge in [-0.2, -0.15) is 0 Å².